The van der Waals surface area contributed by atoms with Crippen LogP contribution in [0.5, 0.6) is 0 Å². The molecular weight excluding hydrogens is 390 g/mol. The minimum absolute atomic E-state index is 0.0340. The quantitative estimate of drug-likeness (QED) is 0.687. The first-order valence-electron chi connectivity index (χ1n) is 9.60. The van der Waals surface area contributed by atoms with Crippen molar-refractivity contribution >= 4 is 28.8 Å². The Balaban J connectivity index is 2.02. The van der Waals surface area contributed by atoms with Crippen LogP contribution in [0.1, 0.15) is 48.2 Å². The highest BCUT2D eigenvalue weighted by molar-refractivity contribution is 6.07. The lowest BCUT2D eigenvalue weighted by atomic mass is 9.92. The van der Waals surface area contributed by atoms with Crippen LogP contribution in [0.25, 0.3) is 0 Å². The van der Waals surface area contributed by atoms with Crippen LogP contribution in [-0.2, 0) is 17.6 Å². The van der Waals surface area contributed by atoms with Gasteiger partial charge in [-0.05, 0) is 80.6 Å². The number of Topliss-reactive ketones (excluding diaryl/α,β-unsaturated/α-hetero) is 1. The molecule has 2 aromatic rings. The number of hydrogen-bond donors (Lipinski definition) is 2. The minimum atomic E-state index is -0.522. The first-order valence-corrected chi connectivity index (χ1v) is 9.60. The molecule has 2 aromatic carbocycles. The molecule has 1 atom stereocenters. The Morgan fingerprint density at radius 3 is 2.40 bits per heavy atom. The molecular formula is C21H23N3O6-2. The number of carbonyl (C=O) groups excluding carboxylic acids is 2. The van der Waals surface area contributed by atoms with Crippen molar-refractivity contribution in [1.29, 1.82) is 0 Å². The van der Waals surface area contributed by atoms with Crippen molar-refractivity contribution in [2.24, 2.45) is 0 Å². The lowest BCUT2D eigenvalue weighted by Gasteiger charge is -2.38. The number of rotatable bonds is 6. The molecule has 2 N–H and O–H groups in total. The van der Waals surface area contributed by atoms with E-state index in [-0.39, 0.29) is 40.8 Å². The van der Waals surface area contributed by atoms with Crippen molar-refractivity contribution in [3.8, 4) is 0 Å². The van der Waals surface area contributed by atoms with E-state index in [4.69, 9.17) is 0 Å². The first kappa shape index (κ1) is 21.7. The first-order chi connectivity index (χ1) is 14.2. The Kier molecular flexibility index (Phi) is 6.37. The van der Waals surface area contributed by atoms with E-state index in [0.717, 1.165) is 5.56 Å². The van der Waals surface area contributed by atoms with E-state index in [0.29, 0.717) is 36.1 Å². The second-order valence-electron chi connectivity index (χ2n) is 7.47. The molecule has 0 bridgehead atoms. The Morgan fingerprint density at radius 1 is 1.17 bits per heavy atom. The molecule has 9 heteroatoms. The highest BCUT2D eigenvalue weighted by Crippen LogP contribution is 2.37. The molecule has 0 radical (unpaired) electrons. The fourth-order valence-electron chi connectivity index (χ4n) is 3.69. The van der Waals surface area contributed by atoms with Crippen LogP contribution in [0, 0.1) is 10.4 Å². The van der Waals surface area contributed by atoms with Crippen LogP contribution in [0.4, 0.5) is 17.1 Å². The molecule has 3 rings (SSSR count). The fourth-order valence-corrected chi connectivity index (χ4v) is 3.69. The van der Waals surface area contributed by atoms with Crippen LogP contribution in [0.3, 0.4) is 0 Å². The molecule has 0 fully saturated rings. The number of aryl methyl sites for hydroxylation is 2. The molecule has 1 amide bonds. The predicted octanol–water partition coefficient (Wildman–Crippen LogP) is 3.58. The SMILES string of the molecule is CC(=O)CCc1cc2c(cc1N(O)O)CC[C@@H](C)N2C(=O)c1ccc(N([O-])[O-])cc1. The van der Waals surface area contributed by atoms with E-state index in [9.17, 15) is 30.4 Å². The highest BCUT2D eigenvalue weighted by Gasteiger charge is 2.30. The van der Waals surface area contributed by atoms with Crippen molar-refractivity contribution in [3.05, 3.63) is 63.5 Å². The monoisotopic (exact) mass is 413 g/mol. The summed E-state index contributed by atoms with van der Waals surface area (Å²) in [5, 5.41) is 40.5. The van der Waals surface area contributed by atoms with Gasteiger partial charge in [-0.3, -0.25) is 15.2 Å². The van der Waals surface area contributed by atoms with E-state index in [1.165, 1.54) is 31.2 Å². The van der Waals surface area contributed by atoms with Gasteiger partial charge in [0.15, 0.2) is 0 Å². The van der Waals surface area contributed by atoms with Gasteiger partial charge >= 0.3 is 0 Å². The summed E-state index contributed by atoms with van der Waals surface area (Å²) in [4.78, 5) is 26.3. The van der Waals surface area contributed by atoms with Crippen LogP contribution in [-0.4, -0.2) is 28.1 Å². The van der Waals surface area contributed by atoms with Gasteiger partial charge < -0.3 is 25.3 Å². The Hall–Kier alpha value is -2.98. The van der Waals surface area contributed by atoms with E-state index >= 15 is 0 Å². The maximum atomic E-state index is 13.2. The van der Waals surface area contributed by atoms with Crippen molar-refractivity contribution in [1.82, 2.24) is 0 Å². The number of anilines is 3. The summed E-state index contributed by atoms with van der Waals surface area (Å²) in [6.45, 7) is 3.38. The lowest BCUT2D eigenvalue weighted by Crippen LogP contribution is -2.42. The van der Waals surface area contributed by atoms with Crippen LogP contribution >= 0.6 is 0 Å². The third-order valence-electron chi connectivity index (χ3n) is 5.32. The highest BCUT2D eigenvalue weighted by atomic mass is 16.8. The van der Waals surface area contributed by atoms with Crippen molar-refractivity contribution in [2.75, 3.05) is 15.4 Å². The Morgan fingerprint density at radius 2 is 1.83 bits per heavy atom. The van der Waals surface area contributed by atoms with Crippen molar-refractivity contribution in [2.45, 2.75) is 45.6 Å². The molecule has 1 aliphatic heterocycles. The summed E-state index contributed by atoms with van der Waals surface area (Å²) in [6, 6.07) is 8.65. The predicted molar refractivity (Wildman–Crippen MR) is 112 cm³/mol. The van der Waals surface area contributed by atoms with Gasteiger partial charge in [0.05, 0.1) is 5.69 Å². The molecule has 0 spiro atoms. The van der Waals surface area contributed by atoms with Gasteiger partial charge in [0.1, 0.15) is 5.78 Å². The normalized spacial score (nSPS) is 15.5. The van der Waals surface area contributed by atoms with Gasteiger partial charge in [-0.1, -0.05) is 0 Å². The average Bonchev–Trinajstić information content (AvgIpc) is 2.71. The number of benzene rings is 2. The Bertz CT molecular complexity index is 943. The number of fused-ring (bicyclic) bond motifs is 1. The number of carbonyl (C=O) groups is 2. The van der Waals surface area contributed by atoms with Gasteiger partial charge in [0, 0.05) is 29.4 Å². The Labute approximate surface area is 173 Å². The number of nitrogens with zero attached hydrogens (tertiary/aromatic N) is 3. The topological polar surface area (TPSA) is 130 Å². The second kappa shape index (κ2) is 8.80. The molecule has 0 saturated heterocycles. The van der Waals surface area contributed by atoms with E-state index in [2.05, 4.69) is 0 Å². The summed E-state index contributed by atoms with van der Waals surface area (Å²) in [5.41, 5.74) is 2.34. The van der Waals surface area contributed by atoms with Crippen LogP contribution in [0.15, 0.2) is 36.4 Å². The second-order valence-corrected chi connectivity index (χ2v) is 7.47. The molecule has 9 nitrogen and oxygen atoms in total. The van der Waals surface area contributed by atoms with Gasteiger partial charge in [-0.25, -0.2) is 0 Å². The maximum absolute atomic E-state index is 13.2. The van der Waals surface area contributed by atoms with Gasteiger partial charge in [-0.15, -0.1) is 5.23 Å². The molecule has 160 valence electrons. The minimum Gasteiger partial charge on any atom is -0.769 e. The van der Waals surface area contributed by atoms with Crippen molar-refractivity contribution < 1.29 is 20.0 Å². The molecule has 0 aliphatic carbocycles. The fraction of sp³-hybridized carbons (Fsp3) is 0.333. The van der Waals surface area contributed by atoms with E-state index < -0.39 is 5.23 Å². The van der Waals surface area contributed by atoms with E-state index in [1.807, 2.05) is 6.92 Å². The van der Waals surface area contributed by atoms with Gasteiger partial charge in [-0.2, -0.15) is 0 Å². The third kappa shape index (κ3) is 4.44. The van der Waals surface area contributed by atoms with Gasteiger partial charge in [0.25, 0.3) is 5.91 Å². The molecule has 0 unspecified atom stereocenters. The average molecular weight is 413 g/mol. The smallest absolute Gasteiger partial charge is 0.258 e. The van der Waals surface area contributed by atoms with Crippen LogP contribution in [0.2, 0.25) is 0 Å². The molecule has 0 saturated carbocycles. The van der Waals surface area contributed by atoms with Crippen molar-refractivity contribution in [3.63, 3.8) is 0 Å². The zero-order chi connectivity index (χ0) is 22.0. The maximum Gasteiger partial charge on any atom is 0.258 e. The lowest BCUT2D eigenvalue weighted by molar-refractivity contribution is -0.117. The largest absolute Gasteiger partial charge is 0.769 e. The third-order valence-corrected chi connectivity index (χ3v) is 5.32. The zero-order valence-electron chi connectivity index (χ0n) is 16.7. The summed E-state index contributed by atoms with van der Waals surface area (Å²) in [5.74, 6) is -0.332. The molecule has 1 heterocycles. The van der Waals surface area contributed by atoms with Gasteiger partial charge in [0.2, 0.25) is 0 Å². The summed E-state index contributed by atoms with van der Waals surface area (Å²) >= 11 is 0. The summed E-state index contributed by atoms with van der Waals surface area (Å²) < 4.78 is 0. The molecule has 0 aromatic heterocycles. The zero-order valence-corrected chi connectivity index (χ0v) is 16.7. The number of ketones is 1. The summed E-state index contributed by atoms with van der Waals surface area (Å²) in [7, 11) is 0. The molecule has 1 aliphatic rings. The summed E-state index contributed by atoms with van der Waals surface area (Å²) in [6.07, 6.45) is 1.85. The molecule has 30 heavy (non-hydrogen) atoms. The van der Waals surface area contributed by atoms with Crippen LogP contribution < -0.4 is 15.4 Å². The number of hydrogen-bond acceptors (Lipinski definition) is 8. The van der Waals surface area contributed by atoms with E-state index in [1.54, 1.807) is 17.0 Å². The standard InChI is InChI=1S/C21H23N3O6/c1-13-3-5-16-12-20(24(29)30)17(6-4-14(2)25)11-19(16)22(13)21(26)15-7-9-18(10-8-15)23(27)28/h7-13,29-30H,3-6H2,1-2H3/q-2/t13-/m1/s1. The number of amides is 1.